The molecule has 0 bridgehead atoms. The van der Waals surface area contributed by atoms with Gasteiger partial charge in [-0.2, -0.15) is 0 Å². The van der Waals surface area contributed by atoms with E-state index in [1.807, 2.05) is 32.9 Å². The second kappa shape index (κ2) is 11.2. The number of benzene rings is 1. The number of aliphatic carboxylic acids is 1. The molecule has 1 atom stereocenters. The van der Waals surface area contributed by atoms with Gasteiger partial charge in [-0.05, 0) is 78.4 Å². The van der Waals surface area contributed by atoms with Gasteiger partial charge >= 0.3 is 5.97 Å². The molecule has 2 saturated carbocycles. The van der Waals surface area contributed by atoms with Gasteiger partial charge in [-0.3, -0.25) is 4.79 Å². The van der Waals surface area contributed by atoms with Crippen molar-refractivity contribution in [1.82, 2.24) is 10.3 Å². The molecule has 208 valence electrons. The van der Waals surface area contributed by atoms with Crippen molar-refractivity contribution in [3.05, 3.63) is 35.7 Å². The van der Waals surface area contributed by atoms with Crippen molar-refractivity contribution in [1.29, 1.82) is 0 Å². The van der Waals surface area contributed by atoms with Crippen LogP contribution < -0.4 is 10.1 Å². The fourth-order valence-corrected chi connectivity index (χ4v) is 6.22. The van der Waals surface area contributed by atoms with Crippen LogP contribution in [-0.2, 0) is 11.2 Å². The first-order valence-electron chi connectivity index (χ1n) is 14.5. The summed E-state index contributed by atoms with van der Waals surface area (Å²) in [4.78, 5) is 29.9. The Morgan fingerprint density at radius 2 is 1.66 bits per heavy atom. The third kappa shape index (κ3) is 6.86. The van der Waals surface area contributed by atoms with E-state index in [1.54, 1.807) is 6.07 Å². The summed E-state index contributed by atoms with van der Waals surface area (Å²) < 4.78 is 6.47. The van der Waals surface area contributed by atoms with E-state index in [9.17, 15) is 14.7 Å². The van der Waals surface area contributed by atoms with E-state index in [0.29, 0.717) is 11.3 Å². The number of nitrogens with zero attached hydrogens (tertiary/aromatic N) is 1. The lowest BCUT2D eigenvalue weighted by atomic mass is 9.72. The Kier molecular flexibility index (Phi) is 8.39. The van der Waals surface area contributed by atoms with Gasteiger partial charge in [0.15, 0.2) is 0 Å². The number of fused-ring (bicyclic) bond motifs is 1. The Morgan fingerprint density at radius 1 is 1.00 bits per heavy atom. The van der Waals surface area contributed by atoms with Crippen LogP contribution in [-0.4, -0.2) is 34.1 Å². The van der Waals surface area contributed by atoms with Crippen LogP contribution >= 0.6 is 0 Å². The first-order chi connectivity index (χ1) is 17.8. The second-order valence-corrected chi connectivity index (χ2v) is 13.8. The van der Waals surface area contributed by atoms with Crippen molar-refractivity contribution in [3.63, 3.8) is 0 Å². The Labute approximate surface area is 227 Å². The van der Waals surface area contributed by atoms with Crippen molar-refractivity contribution in [2.45, 2.75) is 111 Å². The fraction of sp³-hybridized carbons (Fsp3) is 0.656. The minimum absolute atomic E-state index is 0.229. The van der Waals surface area contributed by atoms with Crippen molar-refractivity contribution in [3.8, 4) is 5.75 Å². The molecule has 2 aliphatic rings. The van der Waals surface area contributed by atoms with Gasteiger partial charge in [-0.1, -0.05) is 73.3 Å². The molecular formula is C32H46N2O4. The van der Waals surface area contributed by atoms with E-state index in [1.165, 1.54) is 38.5 Å². The standard InChI is InChI=1S/C32H46N2O4/c1-31(2,3)22-12-15-23(16-13-22)38-24-14-11-21-18-27(29(35)34-28(30(36)37)32(4,5)6)33-26(25(21)19-24)17-20-9-7-8-10-20/h11,14,18-20,22-23,28H,7-10,12-13,15-17H2,1-6H3,(H,34,35)(H,36,37)/t22-,23-,28-/m0/s1. The molecular weight excluding hydrogens is 476 g/mol. The molecule has 2 aromatic rings. The van der Waals surface area contributed by atoms with Gasteiger partial charge in [0.2, 0.25) is 0 Å². The average Bonchev–Trinajstić information content (AvgIpc) is 3.34. The zero-order valence-electron chi connectivity index (χ0n) is 24.1. The van der Waals surface area contributed by atoms with Crippen LogP contribution in [0.3, 0.4) is 0 Å². The highest BCUT2D eigenvalue weighted by atomic mass is 16.5. The normalized spacial score (nSPS) is 21.8. The van der Waals surface area contributed by atoms with E-state index in [4.69, 9.17) is 9.72 Å². The Hall–Kier alpha value is -2.63. The molecule has 38 heavy (non-hydrogen) atoms. The van der Waals surface area contributed by atoms with Crippen molar-refractivity contribution < 1.29 is 19.4 Å². The lowest BCUT2D eigenvalue weighted by molar-refractivity contribution is -0.142. The van der Waals surface area contributed by atoms with Crippen LogP contribution in [0.15, 0.2) is 24.3 Å². The van der Waals surface area contributed by atoms with Crippen LogP contribution in [0.1, 0.15) is 109 Å². The number of carbonyl (C=O) groups excluding carboxylic acids is 1. The molecule has 1 heterocycles. The highest BCUT2D eigenvalue weighted by Gasteiger charge is 2.34. The van der Waals surface area contributed by atoms with Gasteiger partial charge in [0.25, 0.3) is 5.91 Å². The first-order valence-corrected chi connectivity index (χ1v) is 14.5. The summed E-state index contributed by atoms with van der Waals surface area (Å²) in [7, 11) is 0. The molecule has 1 amide bonds. The van der Waals surface area contributed by atoms with Crippen LogP contribution in [0.2, 0.25) is 0 Å². The number of aromatic nitrogens is 1. The number of carbonyl (C=O) groups is 2. The van der Waals surface area contributed by atoms with Crippen molar-refractivity contribution in [2.24, 2.45) is 22.7 Å². The van der Waals surface area contributed by atoms with Gasteiger partial charge in [0, 0.05) is 11.1 Å². The predicted molar refractivity (Wildman–Crippen MR) is 152 cm³/mol. The summed E-state index contributed by atoms with van der Waals surface area (Å²) in [5, 5.41) is 14.4. The molecule has 1 aromatic carbocycles. The summed E-state index contributed by atoms with van der Waals surface area (Å²) in [6.45, 7) is 12.4. The van der Waals surface area contributed by atoms with E-state index in [2.05, 4.69) is 32.2 Å². The molecule has 2 aliphatic carbocycles. The van der Waals surface area contributed by atoms with Gasteiger partial charge in [0.1, 0.15) is 17.5 Å². The molecule has 6 nitrogen and oxygen atoms in total. The van der Waals surface area contributed by atoms with E-state index < -0.39 is 23.3 Å². The van der Waals surface area contributed by atoms with Crippen LogP contribution in [0.25, 0.3) is 10.8 Å². The fourth-order valence-electron chi connectivity index (χ4n) is 6.22. The molecule has 0 saturated heterocycles. The Balaban J connectivity index is 1.59. The minimum Gasteiger partial charge on any atom is -0.490 e. The lowest BCUT2D eigenvalue weighted by Crippen LogP contribution is -2.49. The van der Waals surface area contributed by atoms with Gasteiger partial charge in [-0.15, -0.1) is 0 Å². The van der Waals surface area contributed by atoms with E-state index in [-0.39, 0.29) is 11.8 Å². The van der Waals surface area contributed by atoms with Gasteiger partial charge in [-0.25, -0.2) is 9.78 Å². The number of amides is 1. The maximum atomic E-state index is 13.2. The van der Waals surface area contributed by atoms with E-state index >= 15 is 0 Å². The quantitative estimate of drug-likeness (QED) is 0.402. The van der Waals surface area contributed by atoms with Gasteiger partial charge in [0.05, 0.1) is 6.10 Å². The Bertz CT molecular complexity index is 1150. The molecule has 1 aromatic heterocycles. The Morgan fingerprint density at radius 3 is 2.24 bits per heavy atom. The molecule has 0 unspecified atom stereocenters. The van der Waals surface area contributed by atoms with Crippen LogP contribution in [0.4, 0.5) is 0 Å². The number of carboxylic acid groups (broad SMARTS) is 1. The third-order valence-electron chi connectivity index (χ3n) is 8.66. The third-order valence-corrected chi connectivity index (χ3v) is 8.66. The highest BCUT2D eigenvalue weighted by Crippen LogP contribution is 2.39. The average molecular weight is 523 g/mol. The zero-order chi connectivity index (χ0) is 27.7. The number of pyridine rings is 1. The molecule has 2 fully saturated rings. The molecule has 0 radical (unpaired) electrons. The maximum absolute atomic E-state index is 13.2. The highest BCUT2D eigenvalue weighted by molar-refractivity contribution is 5.99. The van der Waals surface area contributed by atoms with E-state index in [0.717, 1.165) is 47.4 Å². The topological polar surface area (TPSA) is 88.5 Å². The van der Waals surface area contributed by atoms with Crippen molar-refractivity contribution >= 4 is 22.6 Å². The molecule has 0 spiro atoms. The SMILES string of the molecule is CC(C)(C)[C@@H](NC(=O)c1cc2ccc(O[C@H]3CC[C@H](C(C)(C)C)CC3)cc2c(CC2CCCC2)n1)C(=O)O. The first kappa shape index (κ1) is 28.4. The molecule has 0 aliphatic heterocycles. The predicted octanol–water partition coefficient (Wildman–Crippen LogP) is 7.18. The number of ether oxygens (including phenoxy) is 1. The van der Waals surface area contributed by atoms with Crippen LogP contribution in [0, 0.1) is 22.7 Å². The number of carboxylic acids is 1. The lowest BCUT2D eigenvalue weighted by Gasteiger charge is -2.37. The monoisotopic (exact) mass is 522 g/mol. The second-order valence-electron chi connectivity index (χ2n) is 13.8. The molecule has 4 rings (SSSR count). The summed E-state index contributed by atoms with van der Waals surface area (Å²) in [5.41, 5.74) is 0.901. The van der Waals surface area contributed by atoms with Gasteiger partial charge < -0.3 is 15.2 Å². The maximum Gasteiger partial charge on any atom is 0.326 e. The van der Waals surface area contributed by atoms with Crippen molar-refractivity contribution in [2.75, 3.05) is 0 Å². The number of rotatable bonds is 7. The summed E-state index contributed by atoms with van der Waals surface area (Å²) >= 11 is 0. The smallest absolute Gasteiger partial charge is 0.326 e. The summed E-state index contributed by atoms with van der Waals surface area (Å²) in [6.07, 6.45) is 10.4. The minimum atomic E-state index is -1.05. The molecule has 6 heteroatoms. The van der Waals surface area contributed by atoms with Crippen LogP contribution in [0.5, 0.6) is 5.75 Å². The molecule has 2 N–H and O–H groups in total. The summed E-state index contributed by atoms with van der Waals surface area (Å²) in [5.74, 6) is 0.670. The number of hydrogen-bond acceptors (Lipinski definition) is 4. The number of nitrogens with one attached hydrogen (secondary N) is 1. The largest absolute Gasteiger partial charge is 0.490 e. The summed E-state index contributed by atoms with van der Waals surface area (Å²) in [6, 6.07) is 6.88. The zero-order valence-corrected chi connectivity index (χ0v) is 24.1. The number of hydrogen-bond donors (Lipinski definition) is 2.